The SMILES string of the molecule is CCOC(=O)c1nc(-c2c(F)ccc(F)c2F)no1. The van der Waals surface area contributed by atoms with Crippen molar-refractivity contribution in [1.82, 2.24) is 10.1 Å². The maximum absolute atomic E-state index is 13.5. The van der Waals surface area contributed by atoms with Gasteiger partial charge in [0.15, 0.2) is 11.6 Å². The number of carbonyl (C=O) groups is 1. The van der Waals surface area contributed by atoms with E-state index in [9.17, 15) is 18.0 Å². The standard InChI is InChI=1S/C11H7F3N2O3/c1-2-18-11(17)10-15-9(16-19-10)7-5(12)3-4-6(13)8(7)14/h3-4H,2H2,1H3. The van der Waals surface area contributed by atoms with E-state index in [1.807, 2.05) is 0 Å². The lowest BCUT2D eigenvalue weighted by atomic mass is 10.2. The molecule has 2 rings (SSSR count). The number of benzene rings is 1. The molecule has 1 aromatic heterocycles. The van der Waals surface area contributed by atoms with E-state index in [2.05, 4.69) is 19.4 Å². The summed E-state index contributed by atoms with van der Waals surface area (Å²) in [6, 6.07) is 1.34. The minimum Gasteiger partial charge on any atom is -0.459 e. The quantitative estimate of drug-likeness (QED) is 0.633. The van der Waals surface area contributed by atoms with Crippen molar-refractivity contribution in [1.29, 1.82) is 0 Å². The minimum absolute atomic E-state index is 0.0687. The molecule has 0 saturated carbocycles. The molecule has 0 spiro atoms. The van der Waals surface area contributed by atoms with Gasteiger partial charge in [-0.25, -0.2) is 18.0 Å². The summed E-state index contributed by atoms with van der Waals surface area (Å²) in [7, 11) is 0. The van der Waals surface area contributed by atoms with Crippen molar-refractivity contribution in [3.63, 3.8) is 0 Å². The van der Waals surface area contributed by atoms with Crippen molar-refractivity contribution in [3.8, 4) is 11.4 Å². The molecule has 0 amide bonds. The van der Waals surface area contributed by atoms with Gasteiger partial charge in [0.25, 0.3) is 0 Å². The van der Waals surface area contributed by atoms with Crippen LogP contribution >= 0.6 is 0 Å². The molecule has 2 aromatic rings. The first-order valence-corrected chi connectivity index (χ1v) is 5.19. The number of esters is 1. The largest absolute Gasteiger partial charge is 0.459 e. The van der Waals surface area contributed by atoms with Gasteiger partial charge in [-0.3, -0.25) is 0 Å². The Bertz CT molecular complexity index is 628. The fourth-order valence-electron chi connectivity index (χ4n) is 1.33. The van der Waals surface area contributed by atoms with E-state index >= 15 is 0 Å². The van der Waals surface area contributed by atoms with E-state index in [1.54, 1.807) is 6.92 Å². The second kappa shape index (κ2) is 5.09. The summed E-state index contributed by atoms with van der Waals surface area (Å²) in [5, 5.41) is 3.22. The predicted molar refractivity (Wildman–Crippen MR) is 55.6 cm³/mol. The Hall–Kier alpha value is -2.38. The highest BCUT2D eigenvalue weighted by Gasteiger charge is 2.23. The second-order valence-electron chi connectivity index (χ2n) is 3.36. The van der Waals surface area contributed by atoms with Crippen molar-refractivity contribution < 1.29 is 27.2 Å². The van der Waals surface area contributed by atoms with E-state index in [0.717, 1.165) is 0 Å². The van der Waals surface area contributed by atoms with Crippen molar-refractivity contribution in [2.75, 3.05) is 6.61 Å². The average molecular weight is 272 g/mol. The molecule has 0 radical (unpaired) electrons. The average Bonchev–Trinajstić information content (AvgIpc) is 2.84. The first-order valence-electron chi connectivity index (χ1n) is 5.19. The third-order valence-electron chi connectivity index (χ3n) is 2.14. The molecule has 1 aromatic carbocycles. The number of aromatic nitrogens is 2. The zero-order valence-corrected chi connectivity index (χ0v) is 9.61. The number of carbonyl (C=O) groups excluding carboxylic acids is 1. The number of halogens is 3. The Balaban J connectivity index is 2.44. The Morgan fingerprint density at radius 2 is 2.00 bits per heavy atom. The topological polar surface area (TPSA) is 65.2 Å². The van der Waals surface area contributed by atoms with Crippen LogP contribution in [0, 0.1) is 17.5 Å². The van der Waals surface area contributed by atoms with Crippen LogP contribution in [0.15, 0.2) is 16.7 Å². The van der Waals surface area contributed by atoms with Crippen LogP contribution in [0.5, 0.6) is 0 Å². The van der Waals surface area contributed by atoms with Gasteiger partial charge in [0.1, 0.15) is 5.82 Å². The van der Waals surface area contributed by atoms with Gasteiger partial charge in [-0.05, 0) is 19.1 Å². The molecule has 0 atom stereocenters. The molecule has 1 heterocycles. The van der Waals surface area contributed by atoms with Crippen LogP contribution in [0.3, 0.4) is 0 Å². The maximum atomic E-state index is 13.5. The fourth-order valence-corrected chi connectivity index (χ4v) is 1.33. The van der Waals surface area contributed by atoms with E-state index in [1.165, 1.54) is 0 Å². The summed E-state index contributed by atoms with van der Waals surface area (Å²) < 4.78 is 49.0. The minimum atomic E-state index is -1.46. The predicted octanol–water partition coefficient (Wildman–Crippen LogP) is 2.33. The van der Waals surface area contributed by atoms with Crippen LogP contribution in [0.2, 0.25) is 0 Å². The van der Waals surface area contributed by atoms with Gasteiger partial charge >= 0.3 is 11.9 Å². The van der Waals surface area contributed by atoms with Crippen LogP contribution in [0.25, 0.3) is 11.4 Å². The zero-order chi connectivity index (χ0) is 14.0. The van der Waals surface area contributed by atoms with Crippen LogP contribution in [0.4, 0.5) is 13.2 Å². The molecule has 19 heavy (non-hydrogen) atoms. The van der Waals surface area contributed by atoms with Gasteiger partial charge in [0.05, 0.1) is 12.2 Å². The summed E-state index contributed by atoms with van der Waals surface area (Å²) >= 11 is 0. The van der Waals surface area contributed by atoms with Crippen LogP contribution < -0.4 is 0 Å². The van der Waals surface area contributed by atoms with Crippen molar-refractivity contribution in [3.05, 3.63) is 35.5 Å². The molecule has 0 aliphatic rings. The molecular weight excluding hydrogens is 265 g/mol. The van der Waals surface area contributed by atoms with Gasteiger partial charge in [0, 0.05) is 0 Å². The molecular formula is C11H7F3N2O3. The molecule has 8 heteroatoms. The van der Waals surface area contributed by atoms with E-state index in [0.29, 0.717) is 12.1 Å². The molecule has 0 aliphatic carbocycles. The first-order chi connectivity index (χ1) is 9.04. The zero-order valence-electron chi connectivity index (χ0n) is 9.61. The normalized spacial score (nSPS) is 10.5. The Labute approximate surface area is 105 Å². The molecule has 0 bridgehead atoms. The van der Waals surface area contributed by atoms with Crippen molar-refractivity contribution in [2.24, 2.45) is 0 Å². The highest BCUT2D eigenvalue weighted by atomic mass is 19.2. The monoisotopic (exact) mass is 272 g/mol. The lowest BCUT2D eigenvalue weighted by Gasteiger charge is -2.00. The fraction of sp³-hybridized carbons (Fsp3) is 0.182. The lowest BCUT2D eigenvalue weighted by Crippen LogP contribution is -2.05. The third kappa shape index (κ3) is 2.42. The second-order valence-corrected chi connectivity index (χ2v) is 3.36. The molecule has 0 N–H and O–H groups in total. The molecule has 0 unspecified atom stereocenters. The molecule has 0 aliphatic heterocycles. The van der Waals surface area contributed by atoms with E-state index in [-0.39, 0.29) is 6.61 Å². The Morgan fingerprint density at radius 3 is 2.68 bits per heavy atom. The highest BCUT2D eigenvalue weighted by Crippen LogP contribution is 2.25. The first kappa shape index (κ1) is 13.1. The van der Waals surface area contributed by atoms with Crippen LogP contribution in [-0.4, -0.2) is 22.7 Å². The van der Waals surface area contributed by atoms with Gasteiger partial charge < -0.3 is 9.26 Å². The lowest BCUT2D eigenvalue weighted by molar-refractivity contribution is 0.0470. The van der Waals surface area contributed by atoms with Crippen molar-refractivity contribution >= 4 is 5.97 Å². The summed E-state index contributed by atoms with van der Waals surface area (Å²) in [4.78, 5) is 14.7. The van der Waals surface area contributed by atoms with E-state index < -0.39 is 40.7 Å². The van der Waals surface area contributed by atoms with Gasteiger partial charge in [-0.15, -0.1) is 0 Å². The number of ether oxygens (including phenoxy) is 1. The van der Waals surface area contributed by atoms with Crippen LogP contribution in [-0.2, 0) is 4.74 Å². The smallest absolute Gasteiger partial charge is 0.397 e. The van der Waals surface area contributed by atoms with Gasteiger partial charge in [0.2, 0.25) is 5.82 Å². The number of hydrogen-bond acceptors (Lipinski definition) is 5. The molecule has 100 valence electrons. The Morgan fingerprint density at radius 1 is 1.32 bits per heavy atom. The summed E-state index contributed by atoms with van der Waals surface area (Å²) in [5.41, 5.74) is -0.806. The van der Waals surface area contributed by atoms with Gasteiger partial charge in [-0.1, -0.05) is 5.16 Å². The number of rotatable bonds is 3. The highest BCUT2D eigenvalue weighted by molar-refractivity contribution is 5.84. The number of hydrogen-bond donors (Lipinski definition) is 0. The molecule has 0 saturated heterocycles. The Kier molecular flexibility index (Phi) is 3.50. The third-order valence-corrected chi connectivity index (χ3v) is 2.14. The molecule has 0 fully saturated rings. The summed E-state index contributed by atoms with van der Waals surface area (Å²) in [6.45, 7) is 1.63. The molecule has 5 nitrogen and oxygen atoms in total. The van der Waals surface area contributed by atoms with Crippen LogP contribution in [0.1, 0.15) is 17.6 Å². The number of nitrogens with zero attached hydrogens (tertiary/aromatic N) is 2. The summed E-state index contributed by atoms with van der Waals surface area (Å²) in [5.74, 6) is -5.87. The van der Waals surface area contributed by atoms with Gasteiger partial charge in [-0.2, -0.15) is 4.98 Å². The summed E-state index contributed by atoms with van der Waals surface area (Å²) in [6.07, 6.45) is 0. The van der Waals surface area contributed by atoms with E-state index in [4.69, 9.17) is 0 Å². The van der Waals surface area contributed by atoms with Crippen molar-refractivity contribution in [2.45, 2.75) is 6.92 Å². The maximum Gasteiger partial charge on any atom is 0.397 e.